The Labute approximate surface area is 140 Å². The monoisotopic (exact) mass is 335 g/mol. The van der Waals surface area contributed by atoms with E-state index in [0.29, 0.717) is 28.0 Å². The molecule has 0 unspecified atom stereocenters. The van der Waals surface area contributed by atoms with Gasteiger partial charge in [-0.15, -0.1) is 0 Å². The number of benzene rings is 2. The Morgan fingerprint density at radius 2 is 1.78 bits per heavy atom. The van der Waals surface area contributed by atoms with Gasteiger partial charge in [0, 0.05) is 10.7 Å². The van der Waals surface area contributed by atoms with Crippen LogP contribution in [0.5, 0.6) is 17.2 Å². The molecule has 0 aliphatic carbocycles. The largest absolute Gasteiger partial charge is 0.493 e. The van der Waals surface area contributed by atoms with Gasteiger partial charge in [-0.05, 0) is 42.8 Å². The van der Waals surface area contributed by atoms with Gasteiger partial charge >= 0.3 is 0 Å². The van der Waals surface area contributed by atoms with Crippen LogP contribution in [0.2, 0.25) is 5.02 Å². The van der Waals surface area contributed by atoms with Crippen molar-refractivity contribution in [2.45, 2.75) is 6.92 Å². The Morgan fingerprint density at radius 1 is 1.13 bits per heavy atom. The summed E-state index contributed by atoms with van der Waals surface area (Å²) in [5.41, 5.74) is 1.57. The summed E-state index contributed by atoms with van der Waals surface area (Å²) < 4.78 is 16.1. The van der Waals surface area contributed by atoms with Gasteiger partial charge in [-0.25, -0.2) is 0 Å². The first kappa shape index (κ1) is 17.0. The summed E-state index contributed by atoms with van der Waals surface area (Å²) in [5.74, 6) is 1.11. The lowest BCUT2D eigenvalue weighted by Crippen LogP contribution is -2.20. The molecule has 0 aliphatic rings. The topological polar surface area (TPSA) is 56.8 Å². The molecule has 5 nitrogen and oxygen atoms in total. The maximum atomic E-state index is 12.0. The Morgan fingerprint density at radius 3 is 2.35 bits per heavy atom. The van der Waals surface area contributed by atoms with Gasteiger partial charge in [-0.3, -0.25) is 4.79 Å². The normalized spacial score (nSPS) is 10.1. The van der Waals surface area contributed by atoms with E-state index >= 15 is 0 Å². The average molecular weight is 336 g/mol. The molecule has 0 saturated heterocycles. The molecule has 2 aromatic carbocycles. The number of nitrogens with one attached hydrogen (secondary N) is 1. The summed E-state index contributed by atoms with van der Waals surface area (Å²) in [6.45, 7) is 1.74. The van der Waals surface area contributed by atoms with Gasteiger partial charge in [-0.1, -0.05) is 17.7 Å². The highest BCUT2D eigenvalue weighted by molar-refractivity contribution is 6.30. The fourth-order valence-electron chi connectivity index (χ4n) is 2.05. The zero-order valence-corrected chi connectivity index (χ0v) is 13.9. The summed E-state index contributed by atoms with van der Waals surface area (Å²) in [6.07, 6.45) is 0. The molecule has 0 atom stereocenters. The SMILES string of the molecule is COc1cc(C)cc(OC)c1OCC(=O)Nc1cccc(Cl)c1. The molecule has 0 fully saturated rings. The van der Waals surface area contributed by atoms with Crippen molar-refractivity contribution in [3.05, 3.63) is 47.0 Å². The van der Waals surface area contributed by atoms with E-state index < -0.39 is 0 Å². The van der Waals surface area contributed by atoms with Crippen LogP contribution in [0, 0.1) is 6.92 Å². The van der Waals surface area contributed by atoms with Crippen LogP contribution in [0.4, 0.5) is 5.69 Å². The van der Waals surface area contributed by atoms with E-state index in [-0.39, 0.29) is 12.5 Å². The number of anilines is 1. The van der Waals surface area contributed by atoms with Crippen molar-refractivity contribution >= 4 is 23.2 Å². The van der Waals surface area contributed by atoms with Gasteiger partial charge in [0.25, 0.3) is 5.91 Å². The smallest absolute Gasteiger partial charge is 0.262 e. The summed E-state index contributed by atoms with van der Waals surface area (Å²) in [4.78, 5) is 12.0. The third-order valence-corrected chi connectivity index (χ3v) is 3.30. The van der Waals surface area contributed by atoms with Gasteiger partial charge in [0.2, 0.25) is 5.75 Å². The van der Waals surface area contributed by atoms with Crippen LogP contribution in [0.3, 0.4) is 0 Å². The molecule has 0 aromatic heterocycles. The quantitative estimate of drug-likeness (QED) is 0.874. The first-order valence-corrected chi connectivity index (χ1v) is 7.32. The van der Waals surface area contributed by atoms with Crippen molar-refractivity contribution in [2.24, 2.45) is 0 Å². The minimum absolute atomic E-state index is 0.178. The third kappa shape index (κ3) is 4.53. The number of halogens is 1. The zero-order chi connectivity index (χ0) is 16.8. The first-order valence-electron chi connectivity index (χ1n) is 6.94. The van der Waals surface area contributed by atoms with E-state index in [9.17, 15) is 4.79 Å². The van der Waals surface area contributed by atoms with E-state index in [4.69, 9.17) is 25.8 Å². The van der Waals surface area contributed by atoms with Crippen LogP contribution in [-0.2, 0) is 4.79 Å². The second kappa shape index (κ2) is 7.74. The van der Waals surface area contributed by atoms with Gasteiger partial charge in [0.05, 0.1) is 14.2 Å². The van der Waals surface area contributed by atoms with Gasteiger partial charge < -0.3 is 19.5 Å². The predicted octanol–water partition coefficient (Wildman–Crippen LogP) is 3.68. The van der Waals surface area contributed by atoms with Crippen molar-refractivity contribution in [1.82, 2.24) is 0 Å². The lowest BCUT2D eigenvalue weighted by atomic mass is 10.2. The summed E-state index contributed by atoms with van der Waals surface area (Å²) in [7, 11) is 3.07. The fourth-order valence-corrected chi connectivity index (χ4v) is 2.24. The number of carbonyl (C=O) groups excluding carboxylic acids is 1. The van der Waals surface area contributed by atoms with Crippen LogP contribution in [0.25, 0.3) is 0 Å². The van der Waals surface area contributed by atoms with Gasteiger partial charge in [0.1, 0.15) is 0 Å². The molecule has 0 heterocycles. The van der Waals surface area contributed by atoms with E-state index in [1.165, 1.54) is 14.2 Å². The van der Waals surface area contributed by atoms with Crippen molar-refractivity contribution in [3.63, 3.8) is 0 Å². The Hall–Kier alpha value is -2.40. The second-order valence-corrected chi connectivity index (χ2v) is 5.28. The number of aryl methyl sites for hydroxylation is 1. The molecular formula is C17H18ClNO4. The van der Waals surface area contributed by atoms with Crippen LogP contribution in [0.15, 0.2) is 36.4 Å². The molecule has 0 saturated carbocycles. The number of hydrogen-bond donors (Lipinski definition) is 1. The van der Waals surface area contributed by atoms with E-state index in [0.717, 1.165) is 5.56 Å². The number of hydrogen-bond acceptors (Lipinski definition) is 4. The molecule has 0 spiro atoms. The van der Waals surface area contributed by atoms with Crippen LogP contribution in [0.1, 0.15) is 5.56 Å². The van der Waals surface area contributed by atoms with Crippen molar-refractivity contribution in [3.8, 4) is 17.2 Å². The molecule has 23 heavy (non-hydrogen) atoms. The van der Waals surface area contributed by atoms with Crippen molar-refractivity contribution in [1.29, 1.82) is 0 Å². The van der Waals surface area contributed by atoms with Crippen LogP contribution in [-0.4, -0.2) is 26.7 Å². The van der Waals surface area contributed by atoms with E-state index in [1.807, 2.05) is 19.1 Å². The molecule has 1 N–H and O–H groups in total. The minimum atomic E-state index is -0.308. The zero-order valence-electron chi connectivity index (χ0n) is 13.2. The Bertz CT molecular complexity index is 678. The molecule has 6 heteroatoms. The number of amides is 1. The highest BCUT2D eigenvalue weighted by Crippen LogP contribution is 2.38. The number of methoxy groups -OCH3 is 2. The minimum Gasteiger partial charge on any atom is -0.493 e. The van der Waals surface area contributed by atoms with Gasteiger partial charge in [-0.2, -0.15) is 0 Å². The molecule has 1 amide bonds. The standard InChI is InChI=1S/C17H18ClNO4/c1-11-7-14(21-2)17(15(8-11)22-3)23-10-16(20)19-13-6-4-5-12(18)9-13/h4-9H,10H2,1-3H3,(H,19,20). The van der Waals surface area contributed by atoms with Crippen molar-refractivity contribution < 1.29 is 19.0 Å². The van der Waals surface area contributed by atoms with Crippen LogP contribution >= 0.6 is 11.6 Å². The highest BCUT2D eigenvalue weighted by Gasteiger charge is 2.14. The lowest BCUT2D eigenvalue weighted by Gasteiger charge is -2.15. The Balaban J connectivity index is 2.07. The third-order valence-electron chi connectivity index (χ3n) is 3.06. The maximum Gasteiger partial charge on any atom is 0.262 e. The predicted molar refractivity (Wildman–Crippen MR) is 89.9 cm³/mol. The first-order chi connectivity index (χ1) is 11.0. The van der Waals surface area contributed by atoms with Crippen LogP contribution < -0.4 is 19.5 Å². The highest BCUT2D eigenvalue weighted by atomic mass is 35.5. The second-order valence-electron chi connectivity index (χ2n) is 4.85. The fraction of sp³-hybridized carbons (Fsp3) is 0.235. The molecule has 122 valence electrons. The number of ether oxygens (including phenoxy) is 3. The van der Waals surface area contributed by atoms with E-state index in [1.54, 1.807) is 24.3 Å². The molecule has 0 bridgehead atoms. The summed E-state index contributed by atoms with van der Waals surface area (Å²) in [6, 6.07) is 10.5. The lowest BCUT2D eigenvalue weighted by molar-refractivity contribution is -0.118. The maximum absolute atomic E-state index is 12.0. The molecule has 0 radical (unpaired) electrons. The van der Waals surface area contributed by atoms with Crippen molar-refractivity contribution in [2.75, 3.05) is 26.1 Å². The summed E-state index contributed by atoms with van der Waals surface area (Å²) >= 11 is 5.88. The molecule has 2 rings (SSSR count). The average Bonchev–Trinajstić information content (AvgIpc) is 2.52. The molecule has 2 aromatic rings. The van der Waals surface area contributed by atoms with Gasteiger partial charge in [0.15, 0.2) is 18.1 Å². The molecule has 0 aliphatic heterocycles. The number of rotatable bonds is 6. The van der Waals surface area contributed by atoms with E-state index in [2.05, 4.69) is 5.32 Å². The number of carbonyl (C=O) groups is 1. The Kier molecular flexibility index (Phi) is 5.71. The molecular weight excluding hydrogens is 318 g/mol. The summed E-state index contributed by atoms with van der Waals surface area (Å²) in [5, 5.41) is 3.26.